The first-order valence-corrected chi connectivity index (χ1v) is 13.3. The molecule has 1 aliphatic rings. The molecule has 0 saturated heterocycles. The molecule has 35 heavy (non-hydrogen) atoms. The Hall–Kier alpha value is -3.36. The number of para-hydroxylation sites is 1. The topological polar surface area (TPSA) is 104 Å². The number of nitrogens with one attached hydrogen (secondary N) is 3. The SMILES string of the molecule is O=C(Nc1ccccc1C(=O)NC1CCCCC1)c1cc(NS(=O)(=O)c2ccccc2)ccc1Cl. The number of carbonyl (C=O) groups excluding carboxylic acids is 2. The summed E-state index contributed by atoms with van der Waals surface area (Å²) in [5.74, 6) is -0.808. The molecule has 0 heterocycles. The van der Waals surface area contributed by atoms with E-state index in [1.807, 2.05) is 0 Å². The van der Waals surface area contributed by atoms with Crippen molar-refractivity contribution in [3.8, 4) is 0 Å². The fourth-order valence-electron chi connectivity index (χ4n) is 4.07. The summed E-state index contributed by atoms with van der Waals surface area (Å²) in [7, 11) is -3.84. The van der Waals surface area contributed by atoms with Gasteiger partial charge in [0.15, 0.2) is 0 Å². The van der Waals surface area contributed by atoms with Crippen molar-refractivity contribution in [1.29, 1.82) is 0 Å². The van der Waals surface area contributed by atoms with Crippen molar-refractivity contribution in [2.75, 3.05) is 10.0 Å². The maximum Gasteiger partial charge on any atom is 0.261 e. The van der Waals surface area contributed by atoms with Gasteiger partial charge in [0.2, 0.25) is 0 Å². The van der Waals surface area contributed by atoms with E-state index in [0.29, 0.717) is 11.3 Å². The van der Waals surface area contributed by atoms with Crippen LogP contribution >= 0.6 is 11.6 Å². The third kappa shape index (κ3) is 6.21. The van der Waals surface area contributed by atoms with Gasteiger partial charge in [0.05, 0.1) is 26.7 Å². The molecular weight excluding hydrogens is 486 g/mol. The smallest absolute Gasteiger partial charge is 0.261 e. The lowest BCUT2D eigenvalue weighted by Gasteiger charge is -2.23. The van der Waals surface area contributed by atoms with Crippen molar-refractivity contribution in [3.05, 3.63) is 88.9 Å². The number of anilines is 2. The third-order valence-electron chi connectivity index (χ3n) is 5.88. The lowest BCUT2D eigenvalue weighted by atomic mass is 9.95. The number of halogens is 1. The molecular formula is C26H26ClN3O4S. The molecule has 3 aromatic carbocycles. The Morgan fingerprint density at radius 1 is 0.800 bits per heavy atom. The van der Waals surface area contributed by atoms with E-state index in [-0.39, 0.29) is 33.1 Å². The number of benzene rings is 3. The molecule has 3 N–H and O–H groups in total. The fraction of sp³-hybridized carbons (Fsp3) is 0.231. The summed E-state index contributed by atoms with van der Waals surface area (Å²) in [4.78, 5) is 26.1. The summed E-state index contributed by atoms with van der Waals surface area (Å²) in [6, 6.07) is 19.1. The number of carbonyl (C=O) groups is 2. The van der Waals surface area contributed by atoms with E-state index >= 15 is 0 Å². The summed E-state index contributed by atoms with van der Waals surface area (Å²) in [5.41, 5.74) is 0.953. The molecule has 0 bridgehead atoms. The first kappa shape index (κ1) is 24.8. The predicted octanol–water partition coefficient (Wildman–Crippen LogP) is 5.46. The molecule has 0 aliphatic heterocycles. The second-order valence-corrected chi connectivity index (χ2v) is 10.5. The van der Waals surface area contributed by atoms with Crippen LogP contribution in [0.1, 0.15) is 52.8 Å². The molecule has 1 saturated carbocycles. The van der Waals surface area contributed by atoms with Crippen LogP contribution in [0.2, 0.25) is 5.02 Å². The number of hydrogen-bond acceptors (Lipinski definition) is 4. The zero-order chi connectivity index (χ0) is 24.8. The second kappa shape index (κ2) is 10.9. The highest BCUT2D eigenvalue weighted by atomic mass is 35.5. The van der Waals surface area contributed by atoms with Gasteiger partial charge in [-0.05, 0) is 55.3 Å². The Morgan fingerprint density at radius 3 is 2.23 bits per heavy atom. The van der Waals surface area contributed by atoms with Crippen LogP contribution in [0.25, 0.3) is 0 Å². The van der Waals surface area contributed by atoms with Gasteiger partial charge >= 0.3 is 0 Å². The molecule has 9 heteroatoms. The standard InChI is InChI=1S/C26H26ClN3O4S/c27-23-16-15-19(30-35(33,34)20-11-5-2-6-12-20)17-22(23)26(32)29-24-14-8-7-13-21(24)25(31)28-18-9-3-1-4-10-18/h2,5-8,11-18,30H,1,3-4,9-10H2,(H,28,31)(H,29,32). The Balaban J connectivity index is 1.52. The van der Waals surface area contributed by atoms with Gasteiger partial charge in [-0.2, -0.15) is 0 Å². The van der Waals surface area contributed by atoms with E-state index in [2.05, 4.69) is 15.4 Å². The van der Waals surface area contributed by atoms with Gasteiger partial charge in [-0.3, -0.25) is 14.3 Å². The van der Waals surface area contributed by atoms with Crippen LogP contribution in [0.3, 0.4) is 0 Å². The molecule has 182 valence electrons. The van der Waals surface area contributed by atoms with Crippen LogP contribution in [-0.4, -0.2) is 26.3 Å². The molecule has 0 radical (unpaired) electrons. The highest BCUT2D eigenvalue weighted by molar-refractivity contribution is 7.92. The zero-order valence-corrected chi connectivity index (χ0v) is 20.5. The first-order valence-electron chi connectivity index (χ1n) is 11.4. The van der Waals surface area contributed by atoms with E-state index in [1.165, 1.54) is 36.8 Å². The monoisotopic (exact) mass is 511 g/mol. The van der Waals surface area contributed by atoms with Crippen molar-refractivity contribution in [1.82, 2.24) is 5.32 Å². The summed E-state index contributed by atoms with van der Waals surface area (Å²) in [5, 5.41) is 5.95. The lowest BCUT2D eigenvalue weighted by molar-refractivity contribution is 0.0928. The summed E-state index contributed by atoms with van der Waals surface area (Å²) < 4.78 is 27.8. The van der Waals surface area contributed by atoms with Crippen molar-refractivity contribution < 1.29 is 18.0 Å². The molecule has 0 atom stereocenters. The van der Waals surface area contributed by atoms with Crippen molar-refractivity contribution in [2.24, 2.45) is 0 Å². The fourth-order valence-corrected chi connectivity index (χ4v) is 5.34. The Bertz CT molecular complexity index is 1320. The molecule has 1 aliphatic carbocycles. The van der Waals surface area contributed by atoms with Gasteiger partial charge in [0.1, 0.15) is 0 Å². The van der Waals surface area contributed by atoms with Gasteiger partial charge in [-0.15, -0.1) is 0 Å². The van der Waals surface area contributed by atoms with E-state index in [1.54, 1.807) is 42.5 Å². The zero-order valence-electron chi connectivity index (χ0n) is 19.0. The maximum absolute atomic E-state index is 13.1. The minimum atomic E-state index is -3.84. The Kier molecular flexibility index (Phi) is 7.73. The minimum Gasteiger partial charge on any atom is -0.349 e. The number of sulfonamides is 1. The minimum absolute atomic E-state index is 0.0717. The van der Waals surface area contributed by atoms with Crippen LogP contribution in [0.5, 0.6) is 0 Å². The summed E-state index contributed by atoms with van der Waals surface area (Å²) in [6.07, 6.45) is 5.25. The van der Waals surface area contributed by atoms with Crippen molar-refractivity contribution >= 4 is 44.8 Å². The van der Waals surface area contributed by atoms with Crippen LogP contribution in [0.15, 0.2) is 77.7 Å². The highest BCUT2D eigenvalue weighted by Gasteiger charge is 2.21. The molecule has 0 spiro atoms. The average Bonchev–Trinajstić information content (AvgIpc) is 2.86. The Labute approximate surface area is 209 Å². The van der Waals surface area contributed by atoms with Gasteiger partial charge < -0.3 is 10.6 Å². The molecule has 4 rings (SSSR count). The number of amides is 2. The quantitative estimate of drug-likeness (QED) is 0.392. The third-order valence-corrected chi connectivity index (χ3v) is 7.60. The van der Waals surface area contributed by atoms with Gasteiger partial charge in [0, 0.05) is 11.7 Å². The average molecular weight is 512 g/mol. The Morgan fingerprint density at radius 2 is 1.49 bits per heavy atom. The van der Waals surface area contributed by atoms with Crippen molar-refractivity contribution in [3.63, 3.8) is 0 Å². The van der Waals surface area contributed by atoms with Crippen molar-refractivity contribution in [2.45, 2.75) is 43.0 Å². The van der Waals surface area contributed by atoms with Crippen LogP contribution in [-0.2, 0) is 10.0 Å². The van der Waals surface area contributed by atoms with Crippen LogP contribution < -0.4 is 15.4 Å². The number of rotatable bonds is 7. The summed E-state index contributed by atoms with van der Waals surface area (Å²) >= 11 is 6.26. The lowest BCUT2D eigenvalue weighted by Crippen LogP contribution is -2.36. The molecule has 0 aromatic heterocycles. The first-order chi connectivity index (χ1) is 16.8. The van der Waals surface area contributed by atoms with Crippen LogP contribution in [0.4, 0.5) is 11.4 Å². The van der Waals surface area contributed by atoms with E-state index in [9.17, 15) is 18.0 Å². The summed E-state index contributed by atoms with van der Waals surface area (Å²) in [6.45, 7) is 0. The predicted molar refractivity (Wildman–Crippen MR) is 137 cm³/mol. The molecule has 2 amide bonds. The molecule has 7 nitrogen and oxygen atoms in total. The number of hydrogen-bond donors (Lipinski definition) is 3. The maximum atomic E-state index is 13.1. The van der Waals surface area contributed by atoms with Crippen LogP contribution in [0, 0.1) is 0 Å². The van der Waals surface area contributed by atoms with E-state index in [4.69, 9.17) is 11.6 Å². The second-order valence-electron chi connectivity index (χ2n) is 8.42. The van der Waals surface area contributed by atoms with Gasteiger partial charge in [0.25, 0.3) is 21.8 Å². The molecule has 3 aromatic rings. The normalized spacial score (nSPS) is 14.2. The molecule has 0 unspecified atom stereocenters. The highest BCUT2D eigenvalue weighted by Crippen LogP contribution is 2.25. The molecule has 1 fully saturated rings. The van der Waals surface area contributed by atoms with Gasteiger partial charge in [-0.25, -0.2) is 8.42 Å². The largest absolute Gasteiger partial charge is 0.349 e. The van der Waals surface area contributed by atoms with E-state index in [0.717, 1.165) is 25.7 Å². The van der Waals surface area contributed by atoms with E-state index < -0.39 is 15.9 Å². The van der Waals surface area contributed by atoms with Gasteiger partial charge in [-0.1, -0.05) is 61.2 Å².